The fraction of sp³-hybridized carbons (Fsp3) is 0.417. The van der Waals surface area contributed by atoms with E-state index in [1.165, 1.54) is 19.2 Å². The molecule has 16 heavy (non-hydrogen) atoms. The number of hydrogen-bond acceptors (Lipinski definition) is 3. The van der Waals surface area contributed by atoms with Crippen molar-refractivity contribution in [3.63, 3.8) is 0 Å². The van der Waals surface area contributed by atoms with Crippen LogP contribution in [0.15, 0.2) is 18.2 Å². The lowest BCUT2D eigenvalue weighted by Crippen LogP contribution is -2.28. The van der Waals surface area contributed by atoms with Gasteiger partial charge < -0.3 is 4.84 Å². The Hall–Kier alpha value is -1.42. The predicted molar refractivity (Wildman–Crippen MR) is 57.2 cm³/mol. The van der Waals surface area contributed by atoms with Crippen molar-refractivity contribution in [2.24, 2.45) is 0 Å². The van der Waals surface area contributed by atoms with Gasteiger partial charge in [0.25, 0.3) is 0 Å². The largest absolute Gasteiger partial charge is 0.370 e. The van der Waals surface area contributed by atoms with Crippen LogP contribution in [0.1, 0.15) is 24.0 Å². The highest BCUT2D eigenvalue weighted by Crippen LogP contribution is 2.50. The van der Waals surface area contributed by atoms with E-state index in [-0.39, 0.29) is 11.8 Å². The van der Waals surface area contributed by atoms with E-state index in [0.29, 0.717) is 0 Å². The number of benzene rings is 1. The molecule has 1 fully saturated rings. The van der Waals surface area contributed by atoms with Crippen LogP contribution in [0.3, 0.4) is 0 Å². The zero-order valence-corrected chi connectivity index (χ0v) is 9.34. The van der Waals surface area contributed by atoms with Crippen LogP contribution in [0.5, 0.6) is 0 Å². The molecule has 1 aliphatic carbocycles. The van der Waals surface area contributed by atoms with E-state index in [9.17, 15) is 9.18 Å². The zero-order chi connectivity index (χ0) is 11.8. The molecule has 0 atom stereocenters. The molecule has 0 bridgehead atoms. The molecule has 0 heterocycles. The third kappa shape index (κ3) is 1.69. The molecule has 0 aliphatic heterocycles. The molecule has 0 radical (unpaired) electrons. The van der Waals surface area contributed by atoms with Crippen molar-refractivity contribution < 1.29 is 14.0 Å². The molecule has 4 heteroatoms. The molecular formula is C12H14FNO2. The summed E-state index contributed by atoms with van der Waals surface area (Å²) in [6.07, 6.45) is 1.44. The maximum absolute atomic E-state index is 13.2. The summed E-state index contributed by atoms with van der Waals surface area (Å²) < 4.78 is 13.2. The average molecular weight is 223 g/mol. The lowest BCUT2D eigenvalue weighted by Gasteiger charge is -2.16. The molecule has 0 unspecified atom stereocenters. The molecule has 1 N–H and O–H groups in total. The summed E-state index contributed by atoms with van der Waals surface area (Å²) in [6.45, 7) is 1.88. The van der Waals surface area contributed by atoms with Crippen LogP contribution in [0.2, 0.25) is 0 Å². The Bertz CT molecular complexity index is 427. The van der Waals surface area contributed by atoms with Crippen molar-refractivity contribution in [3.8, 4) is 0 Å². The van der Waals surface area contributed by atoms with Gasteiger partial charge in [-0.2, -0.15) is 5.48 Å². The van der Waals surface area contributed by atoms with Gasteiger partial charge in [-0.25, -0.2) is 9.18 Å². The van der Waals surface area contributed by atoms with Gasteiger partial charge >= 0.3 is 5.97 Å². The SMILES string of the molecule is CNOC(=O)C1(c2cc(F)ccc2C)CC1. The van der Waals surface area contributed by atoms with E-state index < -0.39 is 5.41 Å². The number of carbonyl (C=O) groups is 1. The van der Waals surface area contributed by atoms with Gasteiger partial charge in [0.05, 0.1) is 5.41 Å². The highest BCUT2D eigenvalue weighted by atomic mass is 19.1. The summed E-state index contributed by atoms with van der Waals surface area (Å²) in [5.41, 5.74) is 3.41. The summed E-state index contributed by atoms with van der Waals surface area (Å²) in [5.74, 6) is -0.646. The van der Waals surface area contributed by atoms with Crippen LogP contribution in [-0.2, 0) is 15.0 Å². The number of carbonyl (C=O) groups excluding carboxylic acids is 1. The molecule has 86 valence electrons. The molecule has 3 nitrogen and oxygen atoms in total. The second kappa shape index (κ2) is 3.87. The maximum Gasteiger partial charge on any atom is 0.335 e. The normalized spacial score (nSPS) is 16.9. The fourth-order valence-electron chi connectivity index (χ4n) is 2.01. The summed E-state index contributed by atoms with van der Waals surface area (Å²) >= 11 is 0. The number of hydroxylamine groups is 1. The van der Waals surface area contributed by atoms with E-state index in [0.717, 1.165) is 24.0 Å². The average Bonchev–Trinajstić information content (AvgIpc) is 3.03. The number of nitrogens with one attached hydrogen (secondary N) is 1. The molecule has 0 saturated heterocycles. The Morgan fingerprint density at radius 3 is 2.75 bits per heavy atom. The molecule has 1 aliphatic rings. The third-order valence-corrected chi connectivity index (χ3v) is 3.05. The lowest BCUT2D eigenvalue weighted by molar-refractivity contribution is -0.153. The highest BCUT2D eigenvalue weighted by Gasteiger charge is 2.53. The highest BCUT2D eigenvalue weighted by molar-refractivity contribution is 5.86. The number of halogens is 1. The Morgan fingerprint density at radius 2 is 2.19 bits per heavy atom. The molecule has 0 spiro atoms. The van der Waals surface area contributed by atoms with Gasteiger partial charge in [0.15, 0.2) is 0 Å². The Balaban J connectivity index is 2.36. The van der Waals surface area contributed by atoms with Crippen molar-refractivity contribution in [1.82, 2.24) is 5.48 Å². The lowest BCUT2D eigenvalue weighted by atomic mass is 9.92. The zero-order valence-electron chi connectivity index (χ0n) is 9.34. The minimum atomic E-state index is -0.630. The van der Waals surface area contributed by atoms with E-state index in [1.807, 2.05) is 6.92 Å². The Morgan fingerprint density at radius 1 is 1.50 bits per heavy atom. The fourth-order valence-corrected chi connectivity index (χ4v) is 2.01. The molecule has 1 aromatic carbocycles. The number of aryl methyl sites for hydroxylation is 1. The van der Waals surface area contributed by atoms with Gasteiger partial charge in [-0.1, -0.05) is 6.07 Å². The second-order valence-electron chi connectivity index (χ2n) is 4.13. The summed E-state index contributed by atoms with van der Waals surface area (Å²) in [5, 5.41) is 0. The molecule has 1 saturated carbocycles. The number of hydrogen-bond donors (Lipinski definition) is 1. The van der Waals surface area contributed by atoms with Crippen molar-refractivity contribution in [2.45, 2.75) is 25.2 Å². The van der Waals surface area contributed by atoms with Crippen molar-refractivity contribution in [1.29, 1.82) is 0 Å². The van der Waals surface area contributed by atoms with Crippen LogP contribution in [0, 0.1) is 12.7 Å². The minimum Gasteiger partial charge on any atom is -0.370 e. The molecule has 1 aromatic rings. The van der Waals surface area contributed by atoms with Crippen LogP contribution in [-0.4, -0.2) is 13.0 Å². The summed E-state index contributed by atoms with van der Waals surface area (Å²) in [6, 6.07) is 4.52. The molecule has 2 rings (SSSR count). The molecule has 0 amide bonds. The van der Waals surface area contributed by atoms with Gasteiger partial charge in [0.2, 0.25) is 0 Å². The van der Waals surface area contributed by atoms with Crippen molar-refractivity contribution in [3.05, 3.63) is 35.1 Å². The topological polar surface area (TPSA) is 38.3 Å². The van der Waals surface area contributed by atoms with Crippen LogP contribution >= 0.6 is 0 Å². The van der Waals surface area contributed by atoms with Crippen LogP contribution < -0.4 is 5.48 Å². The first-order valence-electron chi connectivity index (χ1n) is 5.25. The maximum atomic E-state index is 13.2. The minimum absolute atomic E-state index is 0.316. The van der Waals surface area contributed by atoms with Crippen molar-refractivity contribution >= 4 is 5.97 Å². The van der Waals surface area contributed by atoms with E-state index in [2.05, 4.69) is 5.48 Å². The summed E-state index contributed by atoms with van der Waals surface area (Å²) in [7, 11) is 1.53. The molecular weight excluding hydrogens is 209 g/mol. The van der Waals surface area contributed by atoms with Crippen LogP contribution in [0.25, 0.3) is 0 Å². The third-order valence-electron chi connectivity index (χ3n) is 3.05. The van der Waals surface area contributed by atoms with E-state index in [4.69, 9.17) is 4.84 Å². The van der Waals surface area contributed by atoms with Gasteiger partial charge in [0.1, 0.15) is 5.82 Å². The Kier molecular flexibility index (Phi) is 2.68. The van der Waals surface area contributed by atoms with Crippen LogP contribution in [0.4, 0.5) is 4.39 Å². The van der Waals surface area contributed by atoms with Crippen molar-refractivity contribution in [2.75, 3.05) is 7.05 Å². The first-order chi connectivity index (χ1) is 7.60. The van der Waals surface area contributed by atoms with Gasteiger partial charge in [-0.3, -0.25) is 0 Å². The van der Waals surface area contributed by atoms with E-state index in [1.54, 1.807) is 6.07 Å². The first-order valence-corrected chi connectivity index (χ1v) is 5.25. The smallest absolute Gasteiger partial charge is 0.335 e. The van der Waals surface area contributed by atoms with E-state index >= 15 is 0 Å². The predicted octanol–water partition coefficient (Wildman–Crippen LogP) is 1.84. The first kappa shape index (κ1) is 11.1. The van der Waals surface area contributed by atoms with Gasteiger partial charge in [-0.15, -0.1) is 0 Å². The standard InChI is InChI=1S/C12H14FNO2/c1-8-3-4-9(13)7-10(8)12(5-6-12)11(15)16-14-2/h3-4,7,14H,5-6H2,1-2H3. The Labute approximate surface area is 93.6 Å². The van der Waals surface area contributed by atoms with Gasteiger partial charge in [0, 0.05) is 7.05 Å². The number of rotatable bonds is 3. The van der Waals surface area contributed by atoms with Gasteiger partial charge in [-0.05, 0) is 43.0 Å². The quantitative estimate of drug-likeness (QED) is 0.795. The summed E-state index contributed by atoms with van der Waals surface area (Å²) in [4.78, 5) is 16.6. The monoisotopic (exact) mass is 223 g/mol. The second-order valence-corrected chi connectivity index (χ2v) is 4.13. The molecule has 0 aromatic heterocycles.